The SMILES string of the molecule is COCCN(Cc1ccc(C(C)(C)C)cc1)C(=O)CCl. The van der Waals surface area contributed by atoms with E-state index >= 15 is 0 Å². The molecule has 0 unspecified atom stereocenters. The van der Waals surface area contributed by atoms with E-state index in [1.165, 1.54) is 5.56 Å². The molecule has 0 spiro atoms. The summed E-state index contributed by atoms with van der Waals surface area (Å²) in [5.74, 6) is -0.0623. The first-order chi connectivity index (χ1) is 9.38. The van der Waals surface area contributed by atoms with Gasteiger partial charge < -0.3 is 9.64 Å². The van der Waals surface area contributed by atoms with Gasteiger partial charge in [-0.3, -0.25) is 4.79 Å². The Bertz CT molecular complexity index is 423. The molecule has 1 aromatic rings. The molecular formula is C16H24ClNO2. The van der Waals surface area contributed by atoms with Crippen LogP contribution in [0.25, 0.3) is 0 Å². The van der Waals surface area contributed by atoms with Crippen molar-refractivity contribution in [2.45, 2.75) is 32.7 Å². The highest BCUT2D eigenvalue weighted by molar-refractivity contribution is 6.27. The van der Waals surface area contributed by atoms with E-state index in [-0.39, 0.29) is 17.2 Å². The maximum atomic E-state index is 11.8. The number of carbonyl (C=O) groups excluding carboxylic acids is 1. The van der Waals surface area contributed by atoms with Gasteiger partial charge in [0.05, 0.1) is 6.61 Å². The van der Waals surface area contributed by atoms with Crippen LogP contribution in [-0.2, 0) is 21.5 Å². The smallest absolute Gasteiger partial charge is 0.237 e. The maximum Gasteiger partial charge on any atom is 0.237 e. The summed E-state index contributed by atoms with van der Waals surface area (Å²) in [5, 5.41) is 0. The van der Waals surface area contributed by atoms with Gasteiger partial charge >= 0.3 is 0 Å². The minimum absolute atomic E-state index is 0.00376. The van der Waals surface area contributed by atoms with Crippen molar-refractivity contribution in [1.29, 1.82) is 0 Å². The van der Waals surface area contributed by atoms with E-state index < -0.39 is 0 Å². The first-order valence-corrected chi connectivity index (χ1v) is 7.34. The van der Waals surface area contributed by atoms with Crippen molar-refractivity contribution in [2.24, 2.45) is 0 Å². The standard InChI is InChI=1S/C16H24ClNO2/c1-16(2,3)14-7-5-13(6-8-14)12-18(9-10-20-4)15(19)11-17/h5-8H,9-12H2,1-4H3. The van der Waals surface area contributed by atoms with Crippen LogP contribution in [0, 0.1) is 0 Å². The van der Waals surface area contributed by atoms with Crippen LogP contribution in [0.2, 0.25) is 0 Å². The zero-order chi connectivity index (χ0) is 15.2. The highest BCUT2D eigenvalue weighted by atomic mass is 35.5. The van der Waals surface area contributed by atoms with Crippen LogP contribution in [0.4, 0.5) is 0 Å². The molecule has 0 saturated heterocycles. The fourth-order valence-corrected chi connectivity index (χ4v) is 2.08. The molecule has 1 amide bonds. The molecule has 0 radical (unpaired) electrons. The molecule has 1 rings (SSSR count). The van der Waals surface area contributed by atoms with Gasteiger partial charge in [0.25, 0.3) is 0 Å². The van der Waals surface area contributed by atoms with Crippen molar-refractivity contribution < 1.29 is 9.53 Å². The Kier molecular flexibility index (Phi) is 6.50. The van der Waals surface area contributed by atoms with Gasteiger partial charge in [0.2, 0.25) is 5.91 Å². The lowest BCUT2D eigenvalue weighted by Gasteiger charge is -2.23. The third-order valence-corrected chi connectivity index (χ3v) is 3.45. The highest BCUT2D eigenvalue weighted by Gasteiger charge is 2.15. The van der Waals surface area contributed by atoms with Crippen molar-refractivity contribution in [2.75, 3.05) is 26.1 Å². The van der Waals surface area contributed by atoms with Crippen molar-refractivity contribution >= 4 is 17.5 Å². The van der Waals surface area contributed by atoms with Gasteiger partial charge in [0.15, 0.2) is 0 Å². The van der Waals surface area contributed by atoms with Crippen LogP contribution in [0.1, 0.15) is 31.9 Å². The van der Waals surface area contributed by atoms with E-state index in [1.54, 1.807) is 12.0 Å². The minimum atomic E-state index is -0.0661. The molecule has 3 nitrogen and oxygen atoms in total. The molecule has 0 bridgehead atoms. The topological polar surface area (TPSA) is 29.5 Å². The maximum absolute atomic E-state index is 11.8. The Morgan fingerprint density at radius 3 is 2.30 bits per heavy atom. The molecule has 0 aliphatic carbocycles. The second-order valence-electron chi connectivity index (χ2n) is 5.89. The molecule has 0 atom stereocenters. The number of benzene rings is 1. The second-order valence-corrected chi connectivity index (χ2v) is 6.16. The van der Waals surface area contributed by atoms with Gasteiger partial charge in [-0.25, -0.2) is 0 Å². The predicted molar refractivity (Wildman–Crippen MR) is 83.2 cm³/mol. The summed E-state index contributed by atoms with van der Waals surface area (Å²) in [6, 6.07) is 8.38. The number of alkyl halides is 1. The van der Waals surface area contributed by atoms with Crippen LogP contribution in [0.3, 0.4) is 0 Å². The Morgan fingerprint density at radius 2 is 1.85 bits per heavy atom. The van der Waals surface area contributed by atoms with Crippen molar-refractivity contribution in [3.05, 3.63) is 35.4 Å². The Labute approximate surface area is 126 Å². The second kappa shape index (κ2) is 7.65. The summed E-state index contributed by atoms with van der Waals surface area (Å²) in [7, 11) is 1.63. The molecule has 0 aromatic heterocycles. The lowest BCUT2D eigenvalue weighted by atomic mass is 9.87. The quantitative estimate of drug-likeness (QED) is 0.755. The highest BCUT2D eigenvalue weighted by Crippen LogP contribution is 2.22. The van der Waals surface area contributed by atoms with Crippen molar-refractivity contribution in [1.82, 2.24) is 4.90 Å². The first-order valence-electron chi connectivity index (χ1n) is 6.80. The fourth-order valence-electron chi connectivity index (χ4n) is 1.91. The zero-order valence-corrected chi connectivity index (χ0v) is 13.5. The predicted octanol–water partition coefficient (Wildman–Crippen LogP) is 3.20. The summed E-state index contributed by atoms with van der Waals surface area (Å²) in [4.78, 5) is 13.5. The van der Waals surface area contributed by atoms with Crippen molar-refractivity contribution in [3.63, 3.8) is 0 Å². The molecular weight excluding hydrogens is 274 g/mol. The number of carbonyl (C=O) groups is 1. The van der Waals surface area contributed by atoms with Gasteiger partial charge in [-0.2, -0.15) is 0 Å². The Balaban J connectivity index is 2.75. The normalized spacial score (nSPS) is 11.4. The van der Waals surface area contributed by atoms with E-state index in [9.17, 15) is 4.79 Å². The number of halogens is 1. The zero-order valence-electron chi connectivity index (χ0n) is 12.8. The third kappa shape index (κ3) is 5.14. The van der Waals surface area contributed by atoms with Crippen LogP contribution in [-0.4, -0.2) is 36.9 Å². The van der Waals surface area contributed by atoms with Gasteiger partial charge in [-0.05, 0) is 16.5 Å². The lowest BCUT2D eigenvalue weighted by molar-refractivity contribution is -0.129. The van der Waals surface area contributed by atoms with E-state index in [2.05, 4.69) is 45.0 Å². The molecule has 4 heteroatoms. The Morgan fingerprint density at radius 1 is 1.25 bits per heavy atom. The van der Waals surface area contributed by atoms with Crippen molar-refractivity contribution in [3.8, 4) is 0 Å². The first kappa shape index (κ1) is 17.0. The van der Waals surface area contributed by atoms with Gasteiger partial charge in [0, 0.05) is 20.2 Å². The van der Waals surface area contributed by atoms with E-state index in [1.807, 2.05) is 0 Å². The average Bonchev–Trinajstić information content (AvgIpc) is 2.42. The number of rotatable bonds is 6. The molecule has 112 valence electrons. The molecule has 20 heavy (non-hydrogen) atoms. The van der Waals surface area contributed by atoms with E-state index in [4.69, 9.17) is 16.3 Å². The molecule has 0 fully saturated rings. The Hall–Kier alpha value is -1.06. The van der Waals surface area contributed by atoms with Crippen LogP contribution in [0.5, 0.6) is 0 Å². The van der Waals surface area contributed by atoms with Gasteiger partial charge in [-0.1, -0.05) is 45.0 Å². The minimum Gasteiger partial charge on any atom is -0.383 e. The number of nitrogens with zero attached hydrogens (tertiary/aromatic N) is 1. The monoisotopic (exact) mass is 297 g/mol. The molecule has 0 N–H and O–H groups in total. The number of methoxy groups -OCH3 is 1. The summed E-state index contributed by atoms with van der Waals surface area (Å²) >= 11 is 5.64. The number of hydrogen-bond acceptors (Lipinski definition) is 2. The molecule has 0 saturated carbocycles. The summed E-state index contributed by atoms with van der Waals surface area (Å²) in [5.41, 5.74) is 2.53. The molecule has 0 aliphatic rings. The third-order valence-electron chi connectivity index (χ3n) is 3.23. The van der Waals surface area contributed by atoms with Crippen LogP contribution in [0.15, 0.2) is 24.3 Å². The summed E-state index contributed by atoms with van der Waals surface area (Å²) in [6.45, 7) is 8.20. The summed E-state index contributed by atoms with van der Waals surface area (Å²) in [6.07, 6.45) is 0. The lowest BCUT2D eigenvalue weighted by Crippen LogP contribution is -2.34. The average molecular weight is 298 g/mol. The number of hydrogen-bond donors (Lipinski definition) is 0. The number of amides is 1. The summed E-state index contributed by atoms with van der Waals surface area (Å²) < 4.78 is 5.03. The van der Waals surface area contributed by atoms with Gasteiger partial charge in [0.1, 0.15) is 5.88 Å². The van der Waals surface area contributed by atoms with E-state index in [0.29, 0.717) is 19.7 Å². The molecule has 0 heterocycles. The molecule has 0 aliphatic heterocycles. The van der Waals surface area contributed by atoms with Crippen LogP contribution >= 0.6 is 11.6 Å². The fraction of sp³-hybridized carbons (Fsp3) is 0.562. The molecule has 1 aromatic carbocycles. The largest absolute Gasteiger partial charge is 0.383 e. The number of ether oxygens (including phenoxy) is 1. The van der Waals surface area contributed by atoms with Gasteiger partial charge in [-0.15, -0.1) is 11.6 Å². The van der Waals surface area contributed by atoms with E-state index in [0.717, 1.165) is 5.56 Å². The van der Waals surface area contributed by atoms with Crippen LogP contribution < -0.4 is 0 Å².